The molecule has 6 nitrogen and oxygen atoms in total. The average Bonchev–Trinajstić information content (AvgIpc) is 3.07. The number of nitrogens with zero attached hydrogens (tertiary/aromatic N) is 3. The van der Waals surface area contributed by atoms with Gasteiger partial charge in [0.1, 0.15) is 17.0 Å². The van der Waals surface area contributed by atoms with Crippen LogP contribution in [0.4, 0.5) is 5.13 Å². The van der Waals surface area contributed by atoms with Crippen molar-refractivity contribution in [1.82, 2.24) is 15.1 Å². The fourth-order valence-electron chi connectivity index (χ4n) is 1.93. The van der Waals surface area contributed by atoms with Gasteiger partial charge in [0, 0.05) is 11.6 Å². The van der Waals surface area contributed by atoms with Gasteiger partial charge in [-0.3, -0.25) is 15.1 Å². The zero-order chi connectivity index (χ0) is 14.8. The van der Waals surface area contributed by atoms with Gasteiger partial charge in [0.05, 0.1) is 11.4 Å². The van der Waals surface area contributed by atoms with Crippen LogP contribution in [0.1, 0.15) is 21.8 Å². The van der Waals surface area contributed by atoms with Crippen molar-refractivity contribution in [3.05, 3.63) is 46.8 Å². The van der Waals surface area contributed by atoms with E-state index in [0.29, 0.717) is 22.1 Å². The van der Waals surface area contributed by atoms with Crippen LogP contribution in [0, 0.1) is 13.8 Å². The van der Waals surface area contributed by atoms with E-state index in [2.05, 4.69) is 20.4 Å². The summed E-state index contributed by atoms with van der Waals surface area (Å²) in [5.74, 6) is 0.222. The molecule has 0 unspecified atom stereocenters. The van der Waals surface area contributed by atoms with E-state index in [9.17, 15) is 4.79 Å². The van der Waals surface area contributed by atoms with Gasteiger partial charge in [-0.25, -0.2) is 4.98 Å². The Bertz CT molecular complexity index is 760. The number of carbonyl (C=O) groups excluding carboxylic acids is 1. The molecule has 0 radical (unpaired) electrons. The molecule has 21 heavy (non-hydrogen) atoms. The first-order chi connectivity index (χ1) is 10.1. The first-order valence-electron chi connectivity index (χ1n) is 6.26. The maximum atomic E-state index is 12.2. The molecule has 0 saturated carbocycles. The van der Waals surface area contributed by atoms with Crippen molar-refractivity contribution in [1.29, 1.82) is 0 Å². The molecule has 3 aromatic rings. The lowest BCUT2D eigenvalue weighted by Crippen LogP contribution is -2.13. The van der Waals surface area contributed by atoms with Gasteiger partial charge < -0.3 is 4.52 Å². The SMILES string of the molecule is Cc1noc(C)c1C(=O)Nc1nc(-c2ccccn2)cs1. The fourth-order valence-corrected chi connectivity index (χ4v) is 2.63. The largest absolute Gasteiger partial charge is 0.361 e. The topological polar surface area (TPSA) is 80.9 Å². The number of carbonyl (C=O) groups is 1. The van der Waals surface area contributed by atoms with E-state index in [1.165, 1.54) is 11.3 Å². The average molecular weight is 300 g/mol. The summed E-state index contributed by atoms with van der Waals surface area (Å²) in [5, 5.41) is 8.89. The van der Waals surface area contributed by atoms with Gasteiger partial charge in [0.25, 0.3) is 5.91 Å². The highest BCUT2D eigenvalue weighted by Gasteiger charge is 2.18. The molecule has 0 aliphatic heterocycles. The summed E-state index contributed by atoms with van der Waals surface area (Å²) in [6.45, 7) is 3.43. The minimum atomic E-state index is -0.270. The fraction of sp³-hybridized carbons (Fsp3) is 0.143. The Morgan fingerprint density at radius 3 is 2.81 bits per heavy atom. The highest BCUT2D eigenvalue weighted by atomic mass is 32.1. The summed E-state index contributed by atoms with van der Waals surface area (Å²) in [6.07, 6.45) is 1.71. The Hall–Kier alpha value is -2.54. The zero-order valence-electron chi connectivity index (χ0n) is 11.5. The van der Waals surface area contributed by atoms with Crippen LogP contribution >= 0.6 is 11.3 Å². The van der Waals surface area contributed by atoms with E-state index in [0.717, 1.165) is 11.4 Å². The molecule has 1 amide bonds. The third-order valence-electron chi connectivity index (χ3n) is 2.91. The second-order valence-corrected chi connectivity index (χ2v) is 5.26. The van der Waals surface area contributed by atoms with E-state index >= 15 is 0 Å². The van der Waals surface area contributed by atoms with Gasteiger partial charge in [-0.05, 0) is 26.0 Å². The molecule has 106 valence electrons. The number of nitrogens with one attached hydrogen (secondary N) is 1. The Morgan fingerprint density at radius 1 is 1.29 bits per heavy atom. The molecule has 0 bridgehead atoms. The number of hydrogen-bond donors (Lipinski definition) is 1. The van der Waals surface area contributed by atoms with E-state index in [4.69, 9.17) is 4.52 Å². The number of thiazole rings is 1. The van der Waals surface area contributed by atoms with Crippen LogP contribution in [-0.4, -0.2) is 21.0 Å². The van der Waals surface area contributed by atoms with E-state index in [1.807, 2.05) is 23.6 Å². The highest BCUT2D eigenvalue weighted by molar-refractivity contribution is 7.14. The molecule has 0 spiro atoms. The number of rotatable bonds is 3. The van der Waals surface area contributed by atoms with E-state index < -0.39 is 0 Å². The van der Waals surface area contributed by atoms with Crippen molar-refractivity contribution in [2.45, 2.75) is 13.8 Å². The van der Waals surface area contributed by atoms with Crippen molar-refractivity contribution in [2.75, 3.05) is 5.32 Å². The van der Waals surface area contributed by atoms with Crippen LogP contribution in [0.3, 0.4) is 0 Å². The van der Waals surface area contributed by atoms with Crippen LogP contribution in [0.15, 0.2) is 34.3 Å². The lowest BCUT2D eigenvalue weighted by Gasteiger charge is -2.00. The Morgan fingerprint density at radius 2 is 2.14 bits per heavy atom. The molecule has 3 heterocycles. The molecular formula is C14H12N4O2S. The maximum absolute atomic E-state index is 12.2. The van der Waals surface area contributed by atoms with Gasteiger partial charge in [-0.15, -0.1) is 11.3 Å². The van der Waals surface area contributed by atoms with Gasteiger partial charge >= 0.3 is 0 Å². The van der Waals surface area contributed by atoms with Crippen LogP contribution < -0.4 is 5.32 Å². The second-order valence-electron chi connectivity index (χ2n) is 4.41. The predicted octanol–water partition coefficient (Wildman–Crippen LogP) is 3.06. The monoisotopic (exact) mass is 300 g/mol. The summed E-state index contributed by atoms with van der Waals surface area (Å²) in [4.78, 5) is 20.8. The van der Waals surface area contributed by atoms with Crippen molar-refractivity contribution >= 4 is 22.4 Å². The molecule has 7 heteroatoms. The first-order valence-corrected chi connectivity index (χ1v) is 7.14. The molecule has 1 N–H and O–H groups in total. The summed E-state index contributed by atoms with van der Waals surface area (Å²) >= 11 is 1.35. The van der Waals surface area contributed by atoms with Crippen LogP contribution in [-0.2, 0) is 0 Å². The molecule has 0 aromatic carbocycles. The van der Waals surface area contributed by atoms with Crippen molar-refractivity contribution in [3.8, 4) is 11.4 Å². The van der Waals surface area contributed by atoms with E-state index in [1.54, 1.807) is 20.0 Å². The number of aromatic nitrogens is 3. The number of pyridine rings is 1. The Labute approximate surface area is 124 Å². The maximum Gasteiger partial charge on any atom is 0.262 e. The van der Waals surface area contributed by atoms with Gasteiger partial charge in [0.2, 0.25) is 0 Å². The number of anilines is 1. The predicted molar refractivity (Wildman–Crippen MR) is 79.3 cm³/mol. The smallest absolute Gasteiger partial charge is 0.262 e. The number of aryl methyl sites for hydroxylation is 2. The van der Waals surface area contributed by atoms with Gasteiger partial charge in [0.15, 0.2) is 5.13 Å². The van der Waals surface area contributed by atoms with Crippen molar-refractivity contribution in [2.24, 2.45) is 0 Å². The number of amides is 1. The quantitative estimate of drug-likeness (QED) is 0.804. The number of hydrogen-bond acceptors (Lipinski definition) is 6. The minimum absolute atomic E-state index is 0.270. The van der Waals surface area contributed by atoms with Gasteiger partial charge in [-0.2, -0.15) is 0 Å². The molecule has 0 atom stereocenters. The van der Waals surface area contributed by atoms with Crippen LogP contribution in [0.2, 0.25) is 0 Å². The molecule has 3 aromatic heterocycles. The zero-order valence-corrected chi connectivity index (χ0v) is 12.3. The molecular weight excluding hydrogens is 288 g/mol. The van der Waals surface area contributed by atoms with Crippen molar-refractivity contribution in [3.63, 3.8) is 0 Å². The van der Waals surface area contributed by atoms with Crippen molar-refractivity contribution < 1.29 is 9.32 Å². The Kier molecular flexibility index (Phi) is 3.49. The normalized spacial score (nSPS) is 10.6. The molecule has 0 aliphatic carbocycles. The second kappa shape index (κ2) is 5.45. The summed E-state index contributed by atoms with van der Waals surface area (Å²) in [5.41, 5.74) is 2.51. The van der Waals surface area contributed by atoms with E-state index in [-0.39, 0.29) is 5.91 Å². The van der Waals surface area contributed by atoms with Gasteiger partial charge in [-0.1, -0.05) is 11.2 Å². The standard InChI is InChI=1S/C14H12N4O2S/c1-8-12(9(2)20-18-8)13(19)17-14-16-11(7-21-14)10-5-3-4-6-15-10/h3-7H,1-2H3,(H,16,17,19). The third-order valence-corrected chi connectivity index (χ3v) is 3.67. The molecule has 0 saturated heterocycles. The lowest BCUT2D eigenvalue weighted by molar-refractivity contribution is 0.102. The minimum Gasteiger partial charge on any atom is -0.361 e. The van der Waals surface area contributed by atoms with Crippen LogP contribution in [0.5, 0.6) is 0 Å². The summed E-state index contributed by atoms with van der Waals surface area (Å²) in [7, 11) is 0. The highest BCUT2D eigenvalue weighted by Crippen LogP contribution is 2.24. The summed E-state index contributed by atoms with van der Waals surface area (Å²) in [6, 6.07) is 5.61. The third kappa shape index (κ3) is 2.68. The first kappa shape index (κ1) is 13.4. The molecule has 0 fully saturated rings. The Balaban J connectivity index is 1.81. The lowest BCUT2D eigenvalue weighted by atomic mass is 10.2. The molecule has 3 rings (SSSR count). The van der Waals surface area contributed by atoms with Crippen LogP contribution in [0.25, 0.3) is 11.4 Å². The summed E-state index contributed by atoms with van der Waals surface area (Å²) < 4.78 is 4.99. The molecule has 0 aliphatic rings.